The van der Waals surface area contributed by atoms with Gasteiger partial charge in [0.15, 0.2) is 5.43 Å². The van der Waals surface area contributed by atoms with E-state index in [1.807, 2.05) is 38.1 Å². The molecule has 0 spiro atoms. The largest absolute Gasteiger partial charge is 0.450 e. The summed E-state index contributed by atoms with van der Waals surface area (Å²) in [6.07, 6.45) is 0.762. The first-order valence-electron chi connectivity index (χ1n) is 10.7. The maximum Gasteiger partial charge on any atom is 0.297 e. The quantitative estimate of drug-likeness (QED) is 0.366. The van der Waals surface area contributed by atoms with Gasteiger partial charge < -0.3 is 4.42 Å². The zero-order valence-electron chi connectivity index (χ0n) is 18.7. The Morgan fingerprint density at radius 2 is 1.79 bits per heavy atom. The highest BCUT2D eigenvalue weighted by Crippen LogP contribution is 2.42. The lowest BCUT2D eigenvalue weighted by Gasteiger charge is -2.22. The lowest BCUT2D eigenvalue weighted by Crippen LogP contribution is -2.29. The van der Waals surface area contributed by atoms with E-state index in [9.17, 15) is 9.59 Å². The molecule has 0 aliphatic carbocycles. The van der Waals surface area contributed by atoms with Gasteiger partial charge in [-0.05, 0) is 60.7 Å². The predicted molar refractivity (Wildman–Crippen MR) is 131 cm³/mol. The van der Waals surface area contributed by atoms with E-state index in [0.717, 1.165) is 28.1 Å². The number of carbonyl (C=O) groups excluding carboxylic acids is 1. The van der Waals surface area contributed by atoms with Crippen LogP contribution in [-0.2, 0) is 6.42 Å². The van der Waals surface area contributed by atoms with Crippen LogP contribution in [0.3, 0.4) is 0 Å². The summed E-state index contributed by atoms with van der Waals surface area (Å²) >= 11 is 7.48. The smallest absolute Gasteiger partial charge is 0.297 e. The number of halogens is 1. The van der Waals surface area contributed by atoms with E-state index in [4.69, 9.17) is 16.0 Å². The molecule has 1 atom stereocenters. The van der Waals surface area contributed by atoms with E-state index in [-0.39, 0.29) is 11.2 Å². The van der Waals surface area contributed by atoms with Crippen molar-refractivity contribution >= 4 is 44.9 Å². The summed E-state index contributed by atoms with van der Waals surface area (Å²) in [6, 6.07) is 10.1. The van der Waals surface area contributed by atoms with Crippen LogP contribution in [0.1, 0.15) is 57.7 Å². The topological polar surface area (TPSA) is 76.3 Å². The molecular weight excluding hydrogens is 458 g/mol. The number of aromatic nitrogens is 2. The number of anilines is 1. The van der Waals surface area contributed by atoms with Crippen LogP contribution in [0.5, 0.6) is 0 Å². The molecule has 0 radical (unpaired) electrons. The van der Waals surface area contributed by atoms with Crippen molar-refractivity contribution in [2.75, 3.05) is 4.90 Å². The van der Waals surface area contributed by atoms with Crippen LogP contribution in [0, 0.1) is 19.8 Å². The fraction of sp³-hybridized carbons (Fsp3) is 0.280. The van der Waals surface area contributed by atoms with Crippen LogP contribution in [0.4, 0.5) is 5.13 Å². The maximum absolute atomic E-state index is 13.7. The number of hydrogen-bond acceptors (Lipinski definition) is 6. The summed E-state index contributed by atoms with van der Waals surface area (Å²) in [5.74, 6) is 0.0649. The van der Waals surface area contributed by atoms with E-state index < -0.39 is 11.9 Å². The third-order valence-corrected chi connectivity index (χ3v) is 7.11. The molecule has 8 heteroatoms. The zero-order chi connectivity index (χ0) is 23.4. The number of fused-ring (bicyclic) bond motifs is 2. The first-order valence-corrected chi connectivity index (χ1v) is 11.9. The van der Waals surface area contributed by atoms with Crippen molar-refractivity contribution in [2.24, 2.45) is 5.92 Å². The molecule has 2 aromatic heterocycles. The summed E-state index contributed by atoms with van der Waals surface area (Å²) in [7, 11) is 0. The van der Waals surface area contributed by atoms with E-state index in [2.05, 4.69) is 24.0 Å². The fourth-order valence-corrected chi connectivity index (χ4v) is 5.36. The summed E-state index contributed by atoms with van der Waals surface area (Å²) in [5.41, 5.74) is 3.24. The van der Waals surface area contributed by atoms with Crippen molar-refractivity contribution in [3.8, 4) is 0 Å². The normalized spacial score (nSPS) is 15.6. The third kappa shape index (κ3) is 3.65. The van der Waals surface area contributed by atoms with Crippen molar-refractivity contribution < 1.29 is 9.21 Å². The third-order valence-electron chi connectivity index (χ3n) is 5.92. The number of hydrogen-bond donors (Lipinski definition) is 0. The predicted octanol–water partition coefficient (Wildman–Crippen LogP) is 5.86. The minimum Gasteiger partial charge on any atom is -0.450 e. The van der Waals surface area contributed by atoms with Gasteiger partial charge >= 0.3 is 0 Å². The van der Waals surface area contributed by atoms with Crippen LogP contribution in [0.15, 0.2) is 45.6 Å². The summed E-state index contributed by atoms with van der Waals surface area (Å²) in [4.78, 5) is 28.9. The van der Waals surface area contributed by atoms with Crippen LogP contribution >= 0.6 is 22.9 Å². The Kier molecular flexibility index (Phi) is 5.34. The van der Waals surface area contributed by atoms with Crippen molar-refractivity contribution in [3.63, 3.8) is 0 Å². The van der Waals surface area contributed by atoms with Gasteiger partial charge in [-0.1, -0.05) is 48.9 Å². The Morgan fingerprint density at radius 3 is 2.48 bits per heavy atom. The van der Waals surface area contributed by atoms with Gasteiger partial charge in [-0.3, -0.25) is 14.5 Å². The SMILES string of the molecule is Cc1cc2oc3c(c(=O)c2cc1C)C(c1ccc(Cl)cc1)N(c1nnc(CC(C)C)s1)C3=O. The molecule has 0 fully saturated rings. The van der Waals surface area contributed by atoms with Crippen molar-refractivity contribution in [1.29, 1.82) is 0 Å². The number of rotatable bonds is 4. The minimum absolute atomic E-state index is 0.0521. The van der Waals surface area contributed by atoms with Gasteiger partial charge in [0.25, 0.3) is 5.91 Å². The second-order valence-corrected chi connectivity index (χ2v) is 10.3. The van der Waals surface area contributed by atoms with Gasteiger partial charge in [0.1, 0.15) is 10.6 Å². The highest BCUT2D eigenvalue weighted by Gasteiger charge is 2.45. The number of benzene rings is 2. The second-order valence-electron chi connectivity index (χ2n) is 8.81. The molecule has 4 aromatic rings. The molecule has 5 rings (SSSR count). The lowest BCUT2D eigenvalue weighted by molar-refractivity contribution is 0.0970. The molecule has 168 valence electrons. The highest BCUT2D eigenvalue weighted by molar-refractivity contribution is 7.15. The first-order chi connectivity index (χ1) is 15.7. The highest BCUT2D eigenvalue weighted by atomic mass is 35.5. The average molecular weight is 480 g/mol. The maximum atomic E-state index is 13.7. The summed E-state index contributed by atoms with van der Waals surface area (Å²) in [6.45, 7) is 8.11. The van der Waals surface area contributed by atoms with Gasteiger partial charge in [0.2, 0.25) is 10.9 Å². The van der Waals surface area contributed by atoms with E-state index >= 15 is 0 Å². The van der Waals surface area contributed by atoms with Gasteiger partial charge in [-0.15, -0.1) is 10.2 Å². The Bertz CT molecular complexity index is 1460. The minimum atomic E-state index is -0.674. The monoisotopic (exact) mass is 479 g/mol. The second kappa shape index (κ2) is 8.08. The number of aryl methyl sites for hydroxylation is 2. The molecule has 1 amide bonds. The molecule has 0 bridgehead atoms. The Morgan fingerprint density at radius 1 is 1.09 bits per heavy atom. The van der Waals surface area contributed by atoms with Gasteiger partial charge in [-0.2, -0.15) is 0 Å². The van der Waals surface area contributed by atoms with Crippen molar-refractivity contribution in [2.45, 2.75) is 40.2 Å². The lowest BCUT2D eigenvalue weighted by atomic mass is 9.97. The number of nitrogens with zero attached hydrogens (tertiary/aromatic N) is 3. The molecule has 3 heterocycles. The summed E-state index contributed by atoms with van der Waals surface area (Å²) in [5, 5.41) is 10.9. The standard InChI is InChI=1S/C25H22ClN3O3S/c1-12(2)9-19-27-28-25(33-19)29-21(15-5-7-16(26)8-6-15)20-22(30)17-10-13(3)14(4)11-18(17)32-23(20)24(29)31/h5-8,10-12,21H,9H2,1-4H3. The van der Waals surface area contributed by atoms with Crippen LogP contribution in [0.25, 0.3) is 11.0 Å². The molecule has 1 aliphatic rings. The van der Waals surface area contributed by atoms with Crippen LogP contribution < -0.4 is 10.3 Å². The van der Waals surface area contributed by atoms with E-state index in [1.165, 1.54) is 16.2 Å². The molecule has 0 N–H and O–H groups in total. The van der Waals surface area contributed by atoms with Crippen molar-refractivity contribution in [3.05, 3.63) is 84.7 Å². The Hall–Kier alpha value is -3.03. The van der Waals surface area contributed by atoms with Gasteiger partial charge in [0.05, 0.1) is 17.0 Å². The zero-order valence-corrected chi connectivity index (χ0v) is 20.3. The molecule has 1 aliphatic heterocycles. The van der Waals surface area contributed by atoms with Gasteiger partial charge in [0, 0.05) is 11.4 Å². The molecule has 2 aromatic carbocycles. The number of amides is 1. The number of carbonyl (C=O) groups is 1. The Balaban J connectivity index is 1.75. The molecule has 33 heavy (non-hydrogen) atoms. The van der Waals surface area contributed by atoms with Gasteiger partial charge in [-0.25, -0.2) is 0 Å². The van der Waals surface area contributed by atoms with Crippen LogP contribution in [0.2, 0.25) is 5.02 Å². The Labute approximate surface area is 199 Å². The molecular formula is C25H22ClN3O3S. The first kappa shape index (κ1) is 21.8. The molecule has 0 saturated heterocycles. The summed E-state index contributed by atoms with van der Waals surface area (Å²) < 4.78 is 6.07. The molecule has 0 saturated carbocycles. The van der Waals surface area contributed by atoms with Crippen molar-refractivity contribution in [1.82, 2.24) is 10.2 Å². The van der Waals surface area contributed by atoms with E-state index in [0.29, 0.717) is 32.6 Å². The molecule has 1 unspecified atom stereocenters. The van der Waals surface area contributed by atoms with E-state index in [1.54, 1.807) is 12.1 Å². The average Bonchev–Trinajstić information content (AvgIpc) is 3.32. The fourth-order valence-electron chi connectivity index (χ4n) is 4.16. The van der Waals surface area contributed by atoms with Crippen LogP contribution in [-0.4, -0.2) is 16.1 Å². The molecule has 6 nitrogen and oxygen atoms in total.